The summed E-state index contributed by atoms with van der Waals surface area (Å²) in [7, 11) is 0. The van der Waals surface area contributed by atoms with Crippen molar-refractivity contribution in [2.75, 3.05) is 12.3 Å². The van der Waals surface area contributed by atoms with Gasteiger partial charge < -0.3 is 21.4 Å². The molecule has 0 atom stereocenters. The molecule has 0 saturated heterocycles. The zero-order valence-corrected chi connectivity index (χ0v) is 10.6. The van der Waals surface area contributed by atoms with Crippen molar-refractivity contribution in [3.05, 3.63) is 18.0 Å². The minimum atomic E-state index is -0.311. The third-order valence-corrected chi connectivity index (χ3v) is 2.63. The molecule has 0 aliphatic heterocycles. The molecule has 18 heavy (non-hydrogen) atoms. The zero-order chi connectivity index (χ0) is 13.5. The highest BCUT2D eigenvalue weighted by atomic mass is 16.2. The highest BCUT2D eigenvalue weighted by molar-refractivity contribution is 5.93. The zero-order valence-electron chi connectivity index (χ0n) is 10.6. The first kappa shape index (κ1) is 14.1. The van der Waals surface area contributed by atoms with Gasteiger partial charge in [0, 0.05) is 25.7 Å². The number of carbonyl (C=O) groups excluding carboxylic acids is 2. The normalized spacial score (nSPS) is 10.3. The molecule has 0 aromatic carbocycles. The molecule has 1 rings (SSSR count). The third kappa shape index (κ3) is 4.12. The van der Waals surface area contributed by atoms with Gasteiger partial charge in [-0.3, -0.25) is 9.59 Å². The maximum atomic E-state index is 11.9. The largest absolute Gasteiger partial charge is 0.397 e. The second-order valence-corrected chi connectivity index (χ2v) is 4.12. The molecule has 1 heterocycles. The molecule has 5 N–H and O–H groups in total. The van der Waals surface area contributed by atoms with Crippen molar-refractivity contribution in [3.63, 3.8) is 0 Å². The van der Waals surface area contributed by atoms with Gasteiger partial charge in [0.1, 0.15) is 5.69 Å². The molecular formula is C12H20N4O2. The molecule has 0 unspecified atom stereocenters. The summed E-state index contributed by atoms with van der Waals surface area (Å²) in [5, 5.41) is 2.79. The van der Waals surface area contributed by atoms with Crippen LogP contribution in [0.15, 0.2) is 12.3 Å². The topological polar surface area (TPSA) is 103 Å². The van der Waals surface area contributed by atoms with Gasteiger partial charge >= 0.3 is 0 Å². The van der Waals surface area contributed by atoms with Crippen LogP contribution in [0.3, 0.4) is 0 Å². The van der Waals surface area contributed by atoms with E-state index in [0.717, 1.165) is 6.42 Å². The summed E-state index contributed by atoms with van der Waals surface area (Å²) in [5.41, 5.74) is 11.8. The molecule has 6 nitrogen and oxygen atoms in total. The number of aryl methyl sites for hydroxylation is 1. The van der Waals surface area contributed by atoms with E-state index in [4.69, 9.17) is 11.5 Å². The molecule has 0 saturated carbocycles. The number of nitrogen functional groups attached to an aromatic ring is 1. The Bertz CT molecular complexity index is 426. The first-order valence-corrected chi connectivity index (χ1v) is 6.06. The number of rotatable bonds is 7. The van der Waals surface area contributed by atoms with E-state index in [0.29, 0.717) is 37.3 Å². The van der Waals surface area contributed by atoms with Crippen LogP contribution < -0.4 is 16.8 Å². The van der Waals surface area contributed by atoms with Crippen LogP contribution in [-0.2, 0) is 11.3 Å². The van der Waals surface area contributed by atoms with Crippen LogP contribution in [0.2, 0.25) is 0 Å². The predicted molar refractivity (Wildman–Crippen MR) is 69.9 cm³/mol. The Morgan fingerprint density at radius 3 is 2.72 bits per heavy atom. The summed E-state index contributed by atoms with van der Waals surface area (Å²) in [6, 6.07) is 1.66. The Morgan fingerprint density at radius 1 is 1.39 bits per heavy atom. The molecule has 2 amide bonds. The Kier molecular flexibility index (Phi) is 5.23. The molecule has 6 heteroatoms. The van der Waals surface area contributed by atoms with Crippen LogP contribution in [0.25, 0.3) is 0 Å². The lowest BCUT2D eigenvalue weighted by atomic mass is 10.2. The number of carbonyl (C=O) groups is 2. The van der Waals surface area contributed by atoms with Crippen molar-refractivity contribution in [3.8, 4) is 0 Å². The fourth-order valence-electron chi connectivity index (χ4n) is 1.70. The Balaban J connectivity index is 2.38. The number of nitrogens with zero attached hydrogens (tertiary/aromatic N) is 1. The first-order chi connectivity index (χ1) is 8.54. The van der Waals surface area contributed by atoms with Crippen LogP contribution in [0.4, 0.5) is 5.69 Å². The molecule has 1 aromatic rings. The van der Waals surface area contributed by atoms with Crippen LogP contribution in [0, 0.1) is 0 Å². The van der Waals surface area contributed by atoms with Crippen molar-refractivity contribution in [1.82, 2.24) is 9.88 Å². The van der Waals surface area contributed by atoms with E-state index in [2.05, 4.69) is 5.32 Å². The number of unbranched alkanes of at least 4 members (excludes halogenated alkanes) is 1. The molecule has 0 aliphatic rings. The van der Waals surface area contributed by atoms with Crippen LogP contribution in [0.5, 0.6) is 0 Å². The number of amides is 2. The van der Waals surface area contributed by atoms with Crippen LogP contribution in [-0.4, -0.2) is 22.9 Å². The molecule has 100 valence electrons. The van der Waals surface area contributed by atoms with E-state index in [1.165, 1.54) is 0 Å². The summed E-state index contributed by atoms with van der Waals surface area (Å²) in [6.07, 6.45) is 3.51. The highest BCUT2D eigenvalue weighted by Gasteiger charge is 2.11. The van der Waals surface area contributed by atoms with Gasteiger partial charge in [-0.05, 0) is 25.8 Å². The lowest BCUT2D eigenvalue weighted by Crippen LogP contribution is -2.26. The van der Waals surface area contributed by atoms with Gasteiger partial charge in [0.25, 0.3) is 5.91 Å². The Labute approximate surface area is 106 Å². The van der Waals surface area contributed by atoms with E-state index in [-0.39, 0.29) is 11.8 Å². The minimum Gasteiger partial charge on any atom is -0.397 e. The quantitative estimate of drug-likeness (QED) is 0.615. The number of nitrogens with two attached hydrogens (primary N) is 2. The molecule has 0 fully saturated rings. The molecular weight excluding hydrogens is 232 g/mol. The summed E-state index contributed by atoms with van der Waals surface area (Å²) >= 11 is 0. The van der Waals surface area contributed by atoms with Gasteiger partial charge in [-0.2, -0.15) is 0 Å². The van der Waals surface area contributed by atoms with Crippen molar-refractivity contribution in [2.45, 2.75) is 32.7 Å². The average Bonchev–Trinajstić information content (AvgIpc) is 2.69. The number of anilines is 1. The monoisotopic (exact) mass is 252 g/mol. The third-order valence-electron chi connectivity index (χ3n) is 2.63. The summed E-state index contributed by atoms with van der Waals surface area (Å²) in [5.74, 6) is -0.457. The van der Waals surface area contributed by atoms with Crippen molar-refractivity contribution >= 4 is 17.5 Å². The maximum Gasteiger partial charge on any atom is 0.267 e. The molecule has 0 radical (unpaired) electrons. The van der Waals surface area contributed by atoms with E-state index < -0.39 is 0 Å². The first-order valence-electron chi connectivity index (χ1n) is 6.06. The summed E-state index contributed by atoms with van der Waals surface area (Å²) in [4.78, 5) is 22.4. The smallest absolute Gasteiger partial charge is 0.267 e. The van der Waals surface area contributed by atoms with Crippen molar-refractivity contribution in [1.29, 1.82) is 0 Å². The fraction of sp³-hybridized carbons (Fsp3) is 0.500. The number of hydrogen-bond donors (Lipinski definition) is 3. The SMILES string of the molecule is CCn1cc(N)cc1C(=O)NCCCCC(N)=O. The fourth-order valence-corrected chi connectivity index (χ4v) is 1.70. The van der Waals surface area contributed by atoms with Crippen LogP contribution >= 0.6 is 0 Å². The lowest BCUT2D eigenvalue weighted by molar-refractivity contribution is -0.118. The standard InChI is InChI=1S/C12H20N4O2/c1-2-16-8-9(13)7-10(16)12(18)15-6-4-3-5-11(14)17/h7-8H,2-6,13H2,1H3,(H2,14,17)(H,15,18). The van der Waals surface area contributed by atoms with Crippen LogP contribution in [0.1, 0.15) is 36.7 Å². The number of primary amides is 1. The number of nitrogens with one attached hydrogen (secondary N) is 1. The minimum absolute atomic E-state index is 0.146. The van der Waals surface area contributed by atoms with Gasteiger partial charge in [0.05, 0.1) is 5.69 Å². The summed E-state index contributed by atoms with van der Waals surface area (Å²) < 4.78 is 1.80. The average molecular weight is 252 g/mol. The molecule has 0 aliphatic carbocycles. The summed E-state index contributed by atoms with van der Waals surface area (Å²) in [6.45, 7) is 3.17. The van der Waals surface area contributed by atoms with E-state index in [1.807, 2.05) is 6.92 Å². The Hall–Kier alpha value is -1.98. The number of hydrogen-bond acceptors (Lipinski definition) is 3. The molecule has 1 aromatic heterocycles. The van der Waals surface area contributed by atoms with E-state index in [9.17, 15) is 9.59 Å². The second-order valence-electron chi connectivity index (χ2n) is 4.12. The van der Waals surface area contributed by atoms with Crippen molar-refractivity contribution < 1.29 is 9.59 Å². The second kappa shape index (κ2) is 6.68. The van der Waals surface area contributed by atoms with Gasteiger partial charge in [-0.1, -0.05) is 0 Å². The molecule has 0 bridgehead atoms. The predicted octanol–water partition coefficient (Wildman–Crippen LogP) is 0.476. The van der Waals surface area contributed by atoms with Gasteiger partial charge in [-0.25, -0.2) is 0 Å². The van der Waals surface area contributed by atoms with E-state index >= 15 is 0 Å². The van der Waals surface area contributed by atoms with E-state index in [1.54, 1.807) is 16.8 Å². The van der Waals surface area contributed by atoms with Crippen molar-refractivity contribution in [2.24, 2.45) is 5.73 Å². The Morgan fingerprint density at radius 2 is 2.11 bits per heavy atom. The van der Waals surface area contributed by atoms with Gasteiger partial charge in [-0.15, -0.1) is 0 Å². The maximum absolute atomic E-state index is 11.9. The number of aromatic nitrogens is 1. The van der Waals surface area contributed by atoms with Gasteiger partial charge in [0.15, 0.2) is 0 Å². The van der Waals surface area contributed by atoms with Gasteiger partial charge in [0.2, 0.25) is 5.91 Å². The highest BCUT2D eigenvalue weighted by Crippen LogP contribution is 2.10. The lowest BCUT2D eigenvalue weighted by Gasteiger charge is -2.07. The molecule has 0 spiro atoms.